The second-order valence-corrected chi connectivity index (χ2v) is 4.88. The summed E-state index contributed by atoms with van der Waals surface area (Å²) in [5.74, 6) is 0.324. The highest BCUT2D eigenvalue weighted by Gasteiger charge is 2.15. The first-order valence-corrected chi connectivity index (χ1v) is 6.61. The molecule has 100 valence electrons. The van der Waals surface area contributed by atoms with Crippen LogP contribution in [-0.2, 0) is 4.74 Å². The Morgan fingerprint density at radius 3 is 2.83 bits per heavy atom. The lowest BCUT2D eigenvalue weighted by molar-refractivity contribution is 0.0894. The maximum Gasteiger partial charge on any atom is 0.251 e. The van der Waals surface area contributed by atoms with Crippen molar-refractivity contribution in [3.8, 4) is 0 Å². The second-order valence-electron chi connectivity index (χ2n) is 4.06. The Morgan fingerprint density at radius 1 is 1.50 bits per heavy atom. The fourth-order valence-electron chi connectivity index (χ4n) is 1.63. The zero-order chi connectivity index (χ0) is 13.5. The van der Waals surface area contributed by atoms with Crippen molar-refractivity contribution in [1.82, 2.24) is 5.32 Å². The van der Waals surface area contributed by atoms with E-state index in [1.54, 1.807) is 19.2 Å². The molecule has 1 aromatic rings. The molecular formula is C13H17Cl2NO2. The standard InChI is InChI=1S/C13H17Cl2NO2/c1-9-3-4-10(15)7-12(9)13(17)16-11(5-6-14)8-18-2/h3-4,7,11H,5-6,8H2,1-2H3,(H,16,17). The molecule has 0 aliphatic carbocycles. The van der Waals surface area contributed by atoms with Gasteiger partial charge in [-0.25, -0.2) is 0 Å². The fourth-order valence-corrected chi connectivity index (χ4v) is 2.07. The number of hydrogen-bond acceptors (Lipinski definition) is 2. The van der Waals surface area contributed by atoms with Crippen molar-refractivity contribution in [3.63, 3.8) is 0 Å². The van der Waals surface area contributed by atoms with E-state index in [1.165, 1.54) is 0 Å². The molecule has 0 bridgehead atoms. The highest BCUT2D eigenvalue weighted by molar-refractivity contribution is 6.31. The van der Waals surface area contributed by atoms with Crippen LogP contribution in [0.2, 0.25) is 5.02 Å². The zero-order valence-electron chi connectivity index (χ0n) is 10.5. The molecule has 0 aliphatic heterocycles. The molecule has 1 N–H and O–H groups in total. The number of rotatable bonds is 6. The number of amides is 1. The van der Waals surface area contributed by atoms with E-state index in [0.717, 1.165) is 5.56 Å². The molecule has 0 aliphatic rings. The summed E-state index contributed by atoms with van der Waals surface area (Å²) in [5, 5.41) is 3.44. The molecule has 0 aromatic heterocycles. The van der Waals surface area contributed by atoms with Crippen LogP contribution in [0.1, 0.15) is 22.3 Å². The van der Waals surface area contributed by atoms with Crippen molar-refractivity contribution in [2.45, 2.75) is 19.4 Å². The van der Waals surface area contributed by atoms with E-state index in [2.05, 4.69) is 5.32 Å². The van der Waals surface area contributed by atoms with E-state index in [0.29, 0.717) is 29.5 Å². The molecule has 1 amide bonds. The molecule has 0 heterocycles. The lowest BCUT2D eigenvalue weighted by Gasteiger charge is -2.17. The van der Waals surface area contributed by atoms with Gasteiger partial charge in [0.15, 0.2) is 0 Å². The Labute approximate surface area is 117 Å². The Hall–Kier alpha value is -0.770. The van der Waals surface area contributed by atoms with E-state index in [4.69, 9.17) is 27.9 Å². The number of carbonyl (C=O) groups excluding carboxylic acids is 1. The van der Waals surface area contributed by atoms with Gasteiger partial charge in [-0.1, -0.05) is 17.7 Å². The monoisotopic (exact) mass is 289 g/mol. The number of aryl methyl sites for hydroxylation is 1. The molecule has 5 heteroatoms. The number of alkyl halides is 1. The molecular weight excluding hydrogens is 273 g/mol. The largest absolute Gasteiger partial charge is 0.383 e. The summed E-state index contributed by atoms with van der Waals surface area (Å²) in [6.07, 6.45) is 0.667. The van der Waals surface area contributed by atoms with Crippen LogP contribution in [0.4, 0.5) is 0 Å². The van der Waals surface area contributed by atoms with Crippen molar-refractivity contribution in [2.75, 3.05) is 19.6 Å². The quantitative estimate of drug-likeness (QED) is 0.818. The number of methoxy groups -OCH3 is 1. The van der Waals surface area contributed by atoms with Gasteiger partial charge in [0.05, 0.1) is 12.6 Å². The summed E-state index contributed by atoms with van der Waals surface area (Å²) in [7, 11) is 1.60. The molecule has 0 fully saturated rings. The van der Waals surface area contributed by atoms with Crippen LogP contribution in [-0.4, -0.2) is 31.5 Å². The molecule has 1 rings (SSSR count). The van der Waals surface area contributed by atoms with Gasteiger partial charge in [0.25, 0.3) is 5.91 Å². The van der Waals surface area contributed by atoms with Crippen LogP contribution in [0.3, 0.4) is 0 Å². The molecule has 1 atom stereocenters. The highest BCUT2D eigenvalue weighted by Crippen LogP contribution is 2.15. The number of halogens is 2. The van der Waals surface area contributed by atoms with Gasteiger partial charge < -0.3 is 10.1 Å². The van der Waals surface area contributed by atoms with Crippen molar-refractivity contribution in [1.29, 1.82) is 0 Å². The number of benzene rings is 1. The van der Waals surface area contributed by atoms with Gasteiger partial charge in [-0.2, -0.15) is 0 Å². The summed E-state index contributed by atoms with van der Waals surface area (Å²) in [6.45, 7) is 2.32. The lowest BCUT2D eigenvalue weighted by atomic mass is 10.1. The first-order valence-electron chi connectivity index (χ1n) is 5.70. The smallest absolute Gasteiger partial charge is 0.251 e. The predicted molar refractivity (Wildman–Crippen MR) is 74.7 cm³/mol. The molecule has 0 saturated carbocycles. The topological polar surface area (TPSA) is 38.3 Å². The van der Waals surface area contributed by atoms with Gasteiger partial charge in [0, 0.05) is 23.6 Å². The van der Waals surface area contributed by atoms with Crippen LogP contribution in [0.25, 0.3) is 0 Å². The number of nitrogens with one attached hydrogen (secondary N) is 1. The van der Waals surface area contributed by atoms with E-state index in [9.17, 15) is 4.79 Å². The number of hydrogen-bond donors (Lipinski definition) is 1. The van der Waals surface area contributed by atoms with Crippen LogP contribution in [0.5, 0.6) is 0 Å². The van der Waals surface area contributed by atoms with Crippen molar-refractivity contribution in [2.24, 2.45) is 0 Å². The van der Waals surface area contributed by atoms with Crippen LogP contribution < -0.4 is 5.32 Å². The first kappa shape index (κ1) is 15.3. The minimum atomic E-state index is -0.151. The Morgan fingerprint density at radius 2 is 2.22 bits per heavy atom. The average molecular weight is 290 g/mol. The second kappa shape index (κ2) is 7.62. The Balaban J connectivity index is 2.76. The van der Waals surface area contributed by atoms with Gasteiger partial charge >= 0.3 is 0 Å². The molecule has 0 radical (unpaired) electrons. The molecule has 0 saturated heterocycles. The molecule has 1 unspecified atom stereocenters. The summed E-state index contributed by atoms with van der Waals surface area (Å²) in [6, 6.07) is 5.17. The van der Waals surface area contributed by atoms with E-state index in [1.807, 2.05) is 13.0 Å². The molecule has 3 nitrogen and oxygen atoms in total. The van der Waals surface area contributed by atoms with Gasteiger partial charge in [0.2, 0.25) is 0 Å². The third kappa shape index (κ3) is 4.48. The van der Waals surface area contributed by atoms with Crippen LogP contribution >= 0.6 is 23.2 Å². The summed E-state index contributed by atoms with van der Waals surface area (Å²) >= 11 is 11.6. The van der Waals surface area contributed by atoms with Gasteiger partial charge in [0.1, 0.15) is 0 Å². The van der Waals surface area contributed by atoms with Crippen molar-refractivity contribution >= 4 is 29.1 Å². The normalized spacial score (nSPS) is 12.2. The van der Waals surface area contributed by atoms with E-state index < -0.39 is 0 Å². The number of ether oxygens (including phenoxy) is 1. The van der Waals surface area contributed by atoms with Crippen LogP contribution in [0, 0.1) is 6.92 Å². The first-order chi connectivity index (χ1) is 8.58. The Kier molecular flexibility index (Phi) is 6.47. The van der Waals surface area contributed by atoms with Crippen molar-refractivity contribution < 1.29 is 9.53 Å². The molecule has 1 aromatic carbocycles. The van der Waals surface area contributed by atoms with Crippen molar-refractivity contribution in [3.05, 3.63) is 34.3 Å². The van der Waals surface area contributed by atoms with Crippen LogP contribution in [0.15, 0.2) is 18.2 Å². The van der Waals surface area contributed by atoms with E-state index in [-0.39, 0.29) is 11.9 Å². The summed E-state index contributed by atoms with van der Waals surface area (Å²) in [4.78, 5) is 12.1. The SMILES string of the molecule is COCC(CCCl)NC(=O)c1cc(Cl)ccc1C. The van der Waals surface area contributed by atoms with Gasteiger partial charge in [-0.15, -0.1) is 11.6 Å². The highest BCUT2D eigenvalue weighted by atomic mass is 35.5. The van der Waals surface area contributed by atoms with Gasteiger partial charge in [-0.05, 0) is 31.0 Å². The van der Waals surface area contributed by atoms with Gasteiger partial charge in [-0.3, -0.25) is 4.79 Å². The third-order valence-corrected chi connectivity index (χ3v) is 3.06. The van der Waals surface area contributed by atoms with E-state index >= 15 is 0 Å². The fraction of sp³-hybridized carbons (Fsp3) is 0.462. The zero-order valence-corrected chi connectivity index (χ0v) is 12.0. The summed E-state index contributed by atoms with van der Waals surface area (Å²) < 4.78 is 5.05. The summed E-state index contributed by atoms with van der Waals surface area (Å²) in [5.41, 5.74) is 1.47. The predicted octanol–water partition coefficient (Wildman–Crippen LogP) is 3.02. The maximum absolute atomic E-state index is 12.1. The maximum atomic E-state index is 12.1. The Bertz CT molecular complexity index is 404. The molecule has 18 heavy (non-hydrogen) atoms. The minimum absolute atomic E-state index is 0.0848. The minimum Gasteiger partial charge on any atom is -0.383 e. The average Bonchev–Trinajstić information content (AvgIpc) is 2.33. The number of carbonyl (C=O) groups is 1. The lowest BCUT2D eigenvalue weighted by Crippen LogP contribution is -2.38. The molecule has 0 spiro atoms. The third-order valence-electron chi connectivity index (χ3n) is 2.60.